The van der Waals surface area contributed by atoms with Crippen molar-refractivity contribution in [3.8, 4) is 11.5 Å². The number of phenolic OH excluding ortho intramolecular Hbond substituents is 1. The van der Waals surface area contributed by atoms with E-state index in [-0.39, 0.29) is 43.3 Å². The Morgan fingerprint density at radius 2 is 1.93 bits per heavy atom. The van der Waals surface area contributed by atoms with Crippen molar-refractivity contribution in [3.63, 3.8) is 0 Å². The molecule has 0 spiro atoms. The number of aromatic hydroxyl groups is 1. The van der Waals surface area contributed by atoms with E-state index in [2.05, 4.69) is 17.8 Å². The number of fused-ring (bicyclic) bond motifs is 2. The monoisotopic (exact) mass is 600 g/mol. The molecule has 4 rings (SSSR count). The molecule has 10 heteroatoms. The van der Waals surface area contributed by atoms with Crippen molar-refractivity contribution in [2.45, 2.75) is 76.0 Å². The third-order valence-corrected chi connectivity index (χ3v) is 9.11. The number of methoxy groups -OCH3 is 1. The summed E-state index contributed by atoms with van der Waals surface area (Å²) in [6.45, 7) is 6.76. The highest BCUT2D eigenvalue weighted by atomic mass is 16.7. The van der Waals surface area contributed by atoms with Crippen LogP contribution in [0.15, 0.2) is 47.7 Å². The Hall–Kier alpha value is -3.08. The fourth-order valence-electron chi connectivity index (χ4n) is 7.50. The van der Waals surface area contributed by atoms with Crippen molar-refractivity contribution >= 4 is 11.8 Å². The van der Waals surface area contributed by atoms with Gasteiger partial charge in [-0.2, -0.15) is 0 Å². The summed E-state index contributed by atoms with van der Waals surface area (Å²) in [7, 11) is 2.89. The van der Waals surface area contributed by atoms with Gasteiger partial charge in [-0.3, -0.25) is 4.90 Å². The Labute approximate surface area is 254 Å². The highest BCUT2D eigenvalue weighted by molar-refractivity contribution is 6.02. The highest BCUT2D eigenvalue weighted by Crippen LogP contribution is 2.61. The fourth-order valence-corrected chi connectivity index (χ4v) is 7.50. The molecule has 1 aromatic carbocycles. The van der Waals surface area contributed by atoms with E-state index < -0.39 is 23.8 Å². The SMILES string of the molecule is C=CCO[C@@]12Oc3ccc(O)cc3[C@H]3[C@H](CCCCO)[C@@H](CCCCO)C=C(C(=NOC)C[C@@H]1N(CCC)C(=O)OC)[C@H]32. The van der Waals surface area contributed by atoms with Crippen LogP contribution in [0.1, 0.15) is 69.8 Å². The summed E-state index contributed by atoms with van der Waals surface area (Å²) in [5, 5.41) is 34.4. The van der Waals surface area contributed by atoms with Crippen LogP contribution in [0.25, 0.3) is 0 Å². The molecule has 43 heavy (non-hydrogen) atoms. The highest BCUT2D eigenvalue weighted by Gasteiger charge is 2.65. The molecule has 1 saturated carbocycles. The lowest BCUT2D eigenvalue weighted by molar-refractivity contribution is -0.255. The number of amides is 1. The topological polar surface area (TPSA) is 130 Å². The van der Waals surface area contributed by atoms with Crippen LogP contribution in [0.2, 0.25) is 0 Å². The van der Waals surface area contributed by atoms with Crippen LogP contribution < -0.4 is 4.74 Å². The van der Waals surface area contributed by atoms with Gasteiger partial charge in [0.15, 0.2) is 0 Å². The molecule has 0 unspecified atom stereocenters. The van der Waals surface area contributed by atoms with Crippen molar-refractivity contribution in [1.29, 1.82) is 0 Å². The summed E-state index contributed by atoms with van der Waals surface area (Å²) in [5.41, 5.74) is 2.56. The molecule has 1 amide bonds. The Balaban J connectivity index is 2.01. The average Bonchev–Trinajstić information content (AvgIpc) is 3.01. The van der Waals surface area contributed by atoms with Gasteiger partial charge in [-0.25, -0.2) is 4.79 Å². The number of unbranched alkanes of at least 4 members (excludes halogenated alkanes) is 2. The van der Waals surface area contributed by atoms with Crippen LogP contribution in [-0.2, 0) is 14.3 Å². The van der Waals surface area contributed by atoms with E-state index in [1.165, 1.54) is 14.2 Å². The first-order valence-corrected chi connectivity index (χ1v) is 15.6. The zero-order valence-electron chi connectivity index (χ0n) is 25.7. The number of aliphatic hydroxyl groups is 2. The largest absolute Gasteiger partial charge is 0.508 e. The number of allylic oxidation sites excluding steroid dienone is 1. The molecule has 2 aliphatic carbocycles. The predicted molar refractivity (Wildman–Crippen MR) is 163 cm³/mol. The maximum absolute atomic E-state index is 13.3. The average molecular weight is 601 g/mol. The van der Waals surface area contributed by atoms with E-state index in [1.807, 2.05) is 6.92 Å². The number of oxime groups is 1. The third-order valence-electron chi connectivity index (χ3n) is 9.11. The van der Waals surface area contributed by atoms with Gasteiger partial charge in [0.1, 0.15) is 24.7 Å². The standard InChI is InChI=1S/C33H48N2O8/c1-5-15-35(32(39)40-3)29-21-27(34-41-4)25-19-22(11-7-9-16-36)24(12-8-10-17-37)30-26-20-23(38)13-14-28(26)43-33(29,31(25)30)42-18-6-2/h6,13-14,19-20,22,24,29-31,36-38H,2,5,7-12,15-18,21H2,1,3-4H3/t22-,24+,29-,30+,31+,33+/m0/s1. The molecule has 0 radical (unpaired) electrons. The number of benzene rings is 1. The zero-order chi connectivity index (χ0) is 31.0. The van der Waals surface area contributed by atoms with Gasteiger partial charge in [0.2, 0.25) is 5.79 Å². The number of nitrogens with zero attached hydrogens (tertiary/aromatic N) is 2. The lowest BCUT2D eigenvalue weighted by Gasteiger charge is -2.59. The minimum absolute atomic E-state index is 0.107. The van der Waals surface area contributed by atoms with Crippen LogP contribution in [0, 0.1) is 17.8 Å². The fraction of sp³-hybridized carbons (Fsp3) is 0.636. The summed E-state index contributed by atoms with van der Waals surface area (Å²) in [6.07, 6.45) is 9.25. The third kappa shape index (κ3) is 6.56. The quantitative estimate of drug-likeness (QED) is 0.143. The second-order valence-corrected chi connectivity index (χ2v) is 11.6. The first kappa shape index (κ1) is 32.8. The minimum Gasteiger partial charge on any atom is -0.508 e. The number of hydrogen-bond acceptors (Lipinski definition) is 9. The maximum atomic E-state index is 13.3. The smallest absolute Gasteiger partial charge is 0.409 e. The van der Waals surface area contributed by atoms with E-state index in [0.29, 0.717) is 38.0 Å². The molecule has 238 valence electrons. The second-order valence-electron chi connectivity index (χ2n) is 11.6. The second kappa shape index (κ2) is 15.1. The van der Waals surface area contributed by atoms with Gasteiger partial charge >= 0.3 is 6.09 Å². The summed E-state index contributed by atoms with van der Waals surface area (Å²) in [5.74, 6) is -0.881. The van der Waals surface area contributed by atoms with Gasteiger partial charge < -0.3 is 34.4 Å². The van der Waals surface area contributed by atoms with Crippen LogP contribution in [0.3, 0.4) is 0 Å². The van der Waals surface area contributed by atoms with Gasteiger partial charge in [0, 0.05) is 37.7 Å². The van der Waals surface area contributed by atoms with Gasteiger partial charge in [0.25, 0.3) is 0 Å². The Kier molecular flexibility index (Phi) is 11.5. The molecule has 0 aromatic heterocycles. The van der Waals surface area contributed by atoms with Crippen LogP contribution in [-0.4, -0.2) is 84.4 Å². The molecule has 1 aliphatic heterocycles. The number of aliphatic hydroxyl groups excluding tert-OH is 2. The van der Waals surface area contributed by atoms with Gasteiger partial charge in [-0.15, -0.1) is 6.58 Å². The lowest BCUT2D eigenvalue weighted by Crippen LogP contribution is -2.70. The Morgan fingerprint density at radius 1 is 1.19 bits per heavy atom. The molecule has 3 N–H and O–H groups in total. The normalized spacial score (nSPS) is 28.3. The van der Waals surface area contributed by atoms with Crippen molar-refractivity contribution in [2.24, 2.45) is 22.9 Å². The summed E-state index contributed by atoms with van der Waals surface area (Å²) in [4.78, 5) is 20.4. The first-order valence-electron chi connectivity index (χ1n) is 15.6. The molecule has 1 fully saturated rings. The molecule has 0 saturated heterocycles. The number of rotatable bonds is 15. The van der Waals surface area contributed by atoms with E-state index in [1.54, 1.807) is 29.2 Å². The molecule has 6 atom stereocenters. The van der Waals surface area contributed by atoms with Crippen molar-refractivity contribution < 1.29 is 39.2 Å². The van der Waals surface area contributed by atoms with Gasteiger partial charge in [-0.05, 0) is 67.7 Å². The Morgan fingerprint density at radius 3 is 2.58 bits per heavy atom. The van der Waals surface area contributed by atoms with Gasteiger partial charge in [0.05, 0.1) is 25.3 Å². The van der Waals surface area contributed by atoms with Crippen molar-refractivity contribution in [3.05, 3.63) is 48.1 Å². The number of hydrogen-bond donors (Lipinski definition) is 3. The molecule has 1 aromatic rings. The van der Waals surface area contributed by atoms with E-state index >= 15 is 0 Å². The molecule has 1 heterocycles. The summed E-state index contributed by atoms with van der Waals surface area (Å²) >= 11 is 0. The van der Waals surface area contributed by atoms with E-state index in [0.717, 1.165) is 42.5 Å². The molecular weight excluding hydrogens is 552 g/mol. The van der Waals surface area contributed by atoms with Crippen molar-refractivity contribution in [1.82, 2.24) is 4.90 Å². The van der Waals surface area contributed by atoms with E-state index in [4.69, 9.17) is 19.0 Å². The lowest BCUT2D eigenvalue weighted by atomic mass is 9.55. The maximum Gasteiger partial charge on any atom is 0.409 e. The van der Waals surface area contributed by atoms with Crippen LogP contribution >= 0.6 is 0 Å². The van der Waals surface area contributed by atoms with E-state index in [9.17, 15) is 20.1 Å². The number of carbonyl (C=O) groups is 1. The summed E-state index contributed by atoms with van der Waals surface area (Å²) < 4.78 is 19.0. The number of phenols is 1. The molecule has 0 bridgehead atoms. The van der Waals surface area contributed by atoms with Crippen LogP contribution in [0.5, 0.6) is 11.5 Å². The predicted octanol–water partition coefficient (Wildman–Crippen LogP) is 5.13. The van der Waals surface area contributed by atoms with Gasteiger partial charge in [-0.1, -0.05) is 37.1 Å². The summed E-state index contributed by atoms with van der Waals surface area (Å²) in [6, 6.07) is 4.57. The molecule has 10 nitrogen and oxygen atoms in total. The first-order chi connectivity index (χ1) is 20.9. The number of ether oxygens (including phenoxy) is 3. The molecule has 3 aliphatic rings. The van der Waals surface area contributed by atoms with Crippen molar-refractivity contribution in [2.75, 3.05) is 40.6 Å². The molecular formula is C33H48N2O8. The number of carbonyl (C=O) groups excluding carboxylic acids is 1. The van der Waals surface area contributed by atoms with Crippen LogP contribution in [0.4, 0.5) is 4.79 Å². The minimum atomic E-state index is -1.31. The zero-order valence-corrected chi connectivity index (χ0v) is 25.7. The Bertz CT molecular complexity index is 1170.